The van der Waals surface area contributed by atoms with Gasteiger partial charge in [-0.05, 0) is 45.8 Å². The van der Waals surface area contributed by atoms with E-state index in [1.807, 2.05) is 12.1 Å². The van der Waals surface area contributed by atoms with Gasteiger partial charge >= 0.3 is 0 Å². The van der Waals surface area contributed by atoms with E-state index in [4.69, 9.17) is 11.5 Å². The van der Waals surface area contributed by atoms with Gasteiger partial charge in [0.1, 0.15) is 0 Å². The van der Waals surface area contributed by atoms with Gasteiger partial charge < -0.3 is 11.5 Å². The number of rotatable bonds is 0. The van der Waals surface area contributed by atoms with Crippen LogP contribution >= 0.6 is 31.9 Å². The summed E-state index contributed by atoms with van der Waals surface area (Å²) in [5, 5.41) is 9.34. The predicted octanol–water partition coefficient (Wildman–Crippen LogP) is 6.43. The average Bonchev–Trinajstić information content (AvgIpc) is 2.57. The Hall–Kier alpha value is -2.04. The molecule has 0 unspecified atom stereocenters. The summed E-state index contributed by atoms with van der Waals surface area (Å²) in [7, 11) is 0. The summed E-state index contributed by atoms with van der Waals surface area (Å²) < 4.78 is 2.04. The molecule has 0 aliphatic carbocycles. The van der Waals surface area contributed by atoms with Gasteiger partial charge in [-0.3, -0.25) is 0 Å². The van der Waals surface area contributed by atoms with Crippen LogP contribution in [0.15, 0.2) is 57.5 Å². The predicted molar refractivity (Wildman–Crippen MR) is 112 cm³/mol. The van der Waals surface area contributed by atoms with Gasteiger partial charge in [-0.25, -0.2) is 0 Å². The lowest BCUT2D eigenvalue weighted by atomic mass is 9.89. The lowest BCUT2D eigenvalue weighted by Crippen LogP contribution is -1.94. The molecular formula is C20H12Br2N2. The third-order valence-corrected chi connectivity index (χ3v) is 6.19. The van der Waals surface area contributed by atoms with Crippen molar-refractivity contribution in [2.24, 2.45) is 0 Å². The molecule has 0 saturated carbocycles. The summed E-state index contributed by atoms with van der Waals surface area (Å²) in [5.74, 6) is 0. The van der Waals surface area contributed by atoms with Gasteiger partial charge in [-0.2, -0.15) is 0 Å². The van der Waals surface area contributed by atoms with E-state index >= 15 is 0 Å². The molecular weight excluding hydrogens is 428 g/mol. The van der Waals surface area contributed by atoms with E-state index < -0.39 is 0 Å². The first-order valence-corrected chi connectivity index (χ1v) is 9.18. The highest BCUT2D eigenvalue weighted by atomic mass is 79.9. The Morgan fingerprint density at radius 1 is 0.458 bits per heavy atom. The van der Waals surface area contributed by atoms with Gasteiger partial charge in [0.15, 0.2) is 0 Å². The summed E-state index contributed by atoms with van der Waals surface area (Å²) in [4.78, 5) is 0. The van der Waals surface area contributed by atoms with Gasteiger partial charge in [-0.1, -0.05) is 56.1 Å². The SMILES string of the molecule is Nc1ccc2c3ccc(Br)c4c(N)ccc(c5ccc(Br)c1c25)c43. The summed E-state index contributed by atoms with van der Waals surface area (Å²) >= 11 is 7.32. The van der Waals surface area contributed by atoms with E-state index in [0.29, 0.717) is 0 Å². The smallest absolute Gasteiger partial charge is 0.0405 e. The van der Waals surface area contributed by atoms with Crippen molar-refractivity contribution < 1.29 is 0 Å². The summed E-state index contributed by atoms with van der Waals surface area (Å²) in [6.07, 6.45) is 0. The summed E-state index contributed by atoms with van der Waals surface area (Å²) in [6.45, 7) is 0. The van der Waals surface area contributed by atoms with E-state index in [1.165, 1.54) is 32.3 Å². The van der Waals surface area contributed by atoms with Crippen LogP contribution in [-0.2, 0) is 0 Å². The summed E-state index contributed by atoms with van der Waals surface area (Å²) in [5.41, 5.74) is 14.1. The Kier molecular flexibility index (Phi) is 2.83. The molecule has 0 atom stereocenters. The molecule has 0 saturated heterocycles. The first-order valence-electron chi connectivity index (χ1n) is 7.60. The van der Waals surface area contributed by atoms with Crippen molar-refractivity contribution >= 4 is 86.3 Å². The number of nitrogen functional groups attached to an aromatic ring is 2. The Balaban J connectivity index is 2.26. The molecule has 0 aromatic heterocycles. The van der Waals surface area contributed by atoms with Gasteiger partial charge in [0.25, 0.3) is 0 Å². The van der Waals surface area contributed by atoms with Gasteiger partial charge in [-0.15, -0.1) is 0 Å². The van der Waals surface area contributed by atoms with E-state index in [1.54, 1.807) is 0 Å². The van der Waals surface area contributed by atoms with E-state index in [9.17, 15) is 0 Å². The fourth-order valence-corrected chi connectivity index (χ4v) is 4.97. The van der Waals surface area contributed by atoms with E-state index in [0.717, 1.165) is 31.1 Å². The van der Waals surface area contributed by atoms with Crippen molar-refractivity contribution in [1.82, 2.24) is 0 Å². The maximum Gasteiger partial charge on any atom is 0.0405 e. The fourth-order valence-electron chi connectivity index (χ4n) is 3.86. The van der Waals surface area contributed by atoms with Crippen LogP contribution in [0.4, 0.5) is 11.4 Å². The van der Waals surface area contributed by atoms with Crippen LogP contribution in [0.1, 0.15) is 0 Å². The minimum Gasteiger partial charge on any atom is -0.398 e. The molecule has 5 aromatic rings. The normalized spacial score (nSPS) is 12.1. The zero-order valence-corrected chi connectivity index (χ0v) is 15.7. The fraction of sp³-hybridized carbons (Fsp3) is 0. The van der Waals surface area contributed by atoms with Crippen LogP contribution in [0.5, 0.6) is 0 Å². The third kappa shape index (κ3) is 1.65. The largest absolute Gasteiger partial charge is 0.398 e. The maximum absolute atomic E-state index is 6.28. The minimum atomic E-state index is 0.787. The Morgan fingerprint density at radius 2 is 0.792 bits per heavy atom. The van der Waals surface area contributed by atoms with Crippen molar-refractivity contribution in [3.8, 4) is 0 Å². The Bertz CT molecular complexity index is 1100. The van der Waals surface area contributed by atoms with Crippen LogP contribution in [0.2, 0.25) is 0 Å². The van der Waals surface area contributed by atoms with Crippen molar-refractivity contribution in [2.75, 3.05) is 11.5 Å². The van der Waals surface area contributed by atoms with Crippen LogP contribution in [0, 0.1) is 0 Å². The number of hydrogen-bond acceptors (Lipinski definition) is 2. The van der Waals surface area contributed by atoms with Crippen LogP contribution in [0.25, 0.3) is 43.1 Å². The zero-order chi connectivity index (χ0) is 16.6. The first-order chi connectivity index (χ1) is 11.6. The van der Waals surface area contributed by atoms with Gasteiger partial charge in [0.2, 0.25) is 0 Å². The highest BCUT2D eigenvalue weighted by Crippen LogP contribution is 2.46. The molecule has 0 spiro atoms. The Labute approximate surface area is 155 Å². The summed E-state index contributed by atoms with van der Waals surface area (Å²) in [6, 6.07) is 16.7. The number of hydrogen-bond donors (Lipinski definition) is 2. The third-order valence-electron chi connectivity index (χ3n) is 4.86. The number of halogens is 2. The second kappa shape index (κ2) is 4.74. The van der Waals surface area contributed by atoms with Gasteiger partial charge in [0.05, 0.1) is 0 Å². The highest BCUT2D eigenvalue weighted by molar-refractivity contribution is 9.11. The molecule has 5 aromatic carbocycles. The molecule has 2 nitrogen and oxygen atoms in total. The minimum absolute atomic E-state index is 0.787. The molecule has 0 bridgehead atoms. The van der Waals surface area contributed by atoms with Crippen molar-refractivity contribution in [1.29, 1.82) is 0 Å². The van der Waals surface area contributed by atoms with Crippen molar-refractivity contribution in [2.45, 2.75) is 0 Å². The molecule has 0 aliphatic rings. The van der Waals surface area contributed by atoms with E-state index in [-0.39, 0.29) is 0 Å². The topological polar surface area (TPSA) is 52.0 Å². The molecule has 4 N–H and O–H groups in total. The zero-order valence-electron chi connectivity index (χ0n) is 12.5. The first kappa shape index (κ1) is 14.3. The lowest BCUT2D eigenvalue weighted by Gasteiger charge is -2.17. The van der Waals surface area contributed by atoms with Crippen LogP contribution in [-0.4, -0.2) is 0 Å². The second-order valence-electron chi connectivity index (χ2n) is 6.09. The molecule has 0 heterocycles. The molecule has 0 radical (unpaired) electrons. The molecule has 0 fully saturated rings. The van der Waals surface area contributed by atoms with Gasteiger partial charge in [0, 0.05) is 41.9 Å². The molecule has 5 rings (SSSR count). The monoisotopic (exact) mass is 438 g/mol. The van der Waals surface area contributed by atoms with E-state index in [2.05, 4.69) is 68.3 Å². The molecule has 116 valence electrons. The maximum atomic E-state index is 6.28. The lowest BCUT2D eigenvalue weighted by molar-refractivity contribution is 1.72. The standard InChI is InChI=1S/C20H12Br2N2/c21-13-5-1-9-11-3-7-16(24)20-14(22)6-2-10(18(11)20)12-4-8-15(23)19(13)17(9)12/h1-8H,23-24H2. The number of nitrogens with two attached hydrogens (primary N) is 2. The number of anilines is 2. The molecule has 0 amide bonds. The van der Waals surface area contributed by atoms with Crippen molar-refractivity contribution in [3.05, 3.63) is 57.5 Å². The second-order valence-corrected chi connectivity index (χ2v) is 7.80. The number of benzene rings is 5. The average molecular weight is 440 g/mol. The van der Waals surface area contributed by atoms with Crippen LogP contribution < -0.4 is 11.5 Å². The molecule has 24 heavy (non-hydrogen) atoms. The number of fused-ring (bicyclic) bond motifs is 2. The molecule has 0 aliphatic heterocycles. The van der Waals surface area contributed by atoms with Crippen LogP contribution in [0.3, 0.4) is 0 Å². The molecule has 4 heteroatoms. The Morgan fingerprint density at radius 3 is 1.17 bits per heavy atom. The quantitative estimate of drug-likeness (QED) is 0.166. The highest BCUT2D eigenvalue weighted by Gasteiger charge is 2.17. The van der Waals surface area contributed by atoms with Crippen molar-refractivity contribution in [3.63, 3.8) is 0 Å².